The van der Waals surface area contributed by atoms with Crippen molar-refractivity contribution in [1.29, 1.82) is 0 Å². The monoisotopic (exact) mass is 263 g/mol. The molecule has 0 spiro atoms. The summed E-state index contributed by atoms with van der Waals surface area (Å²) < 4.78 is 6.04. The van der Waals surface area contributed by atoms with Crippen LogP contribution >= 0.6 is 0 Å². The van der Waals surface area contributed by atoms with Gasteiger partial charge in [-0.05, 0) is 51.3 Å². The third kappa shape index (κ3) is 4.32. The van der Waals surface area contributed by atoms with Gasteiger partial charge in [-0.25, -0.2) is 0 Å². The first-order valence-electron chi connectivity index (χ1n) is 7.49. The van der Waals surface area contributed by atoms with E-state index in [0.29, 0.717) is 6.04 Å². The number of benzene rings is 1. The number of likely N-dealkylation sites (N-methyl/N-ethyl adjacent to an activating group) is 1. The Labute approximate surface area is 118 Å². The number of aryl methyl sites for hydroxylation is 1. The summed E-state index contributed by atoms with van der Waals surface area (Å²) in [5.74, 6) is 0. The molecule has 0 bridgehead atoms. The van der Waals surface area contributed by atoms with Gasteiger partial charge in [0, 0.05) is 12.6 Å². The van der Waals surface area contributed by atoms with Gasteiger partial charge in [0.15, 0.2) is 0 Å². The van der Waals surface area contributed by atoms with Gasteiger partial charge >= 0.3 is 0 Å². The van der Waals surface area contributed by atoms with Crippen molar-refractivity contribution in [2.45, 2.75) is 59.1 Å². The Balaban J connectivity index is 2.91. The Morgan fingerprint density at radius 3 is 2.42 bits per heavy atom. The van der Waals surface area contributed by atoms with Crippen LogP contribution in [-0.4, -0.2) is 24.8 Å². The topological polar surface area (TPSA) is 21.3 Å². The van der Waals surface area contributed by atoms with Gasteiger partial charge in [0.2, 0.25) is 0 Å². The van der Waals surface area contributed by atoms with Gasteiger partial charge in [-0.1, -0.05) is 38.1 Å². The minimum Gasteiger partial charge on any atom is -0.374 e. The first kappa shape index (κ1) is 16.2. The van der Waals surface area contributed by atoms with Crippen LogP contribution in [0, 0.1) is 6.92 Å². The molecule has 0 saturated carbocycles. The van der Waals surface area contributed by atoms with E-state index in [9.17, 15) is 0 Å². The van der Waals surface area contributed by atoms with Crippen LogP contribution in [0.2, 0.25) is 0 Å². The molecule has 0 saturated heterocycles. The molecule has 0 radical (unpaired) electrons. The van der Waals surface area contributed by atoms with E-state index in [0.717, 1.165) is 26.0 Å². The molecule has 1 N–H and O–H groups in total. The highest BCUT2D eigenvalue weighted by molar-refractivity contribution is 5.27. The average Bonchev–Trinajstić information content (AvgIpc) is 2.40. The van der Waals surface area contributed by atoms with Crippen LogP contribution in [0.3, 0.4) is 0 Å². The molecular weight excluding hydrogens is 234 g/mol. The Morgan fingerprint density at radius 1 is 1.21 bits per heavy atom. The Kier molecular flexibility index (Phi) is 6.53. The Hall–Kier alpha value is -0.860. The van der Waals surface area contributed by atoms with Crippen LogP contribution in [0.4, 0.5) is 0 Å². The highest BCUT2D eigenvalue weighted by atomic mass is 16.5. The lowest BCUT2D eigenvalue weighted by Crippen LogP contribution is -2.51. The second kappa shape index (κ2) is 7.66. The van der Waals surface area contributed by atoms with Crippen molar-refractivity contribution in [3.05, 3.63) is 35.4 Å². The van der Waals surface area contributed by atoms with Crippen LogP contribution < -0.4 is 5.32 Å². The third-order valence-corrected chi connectivity index (χ3v) is 4.05. The predicted molar refractivity (Wildman–Crippen MR) is 82.7 cm³/mol. The van der Waals surface area contributed by atoms with Crippen molar-refractivity contribution in [3.8, 4) is 0 Å². The van der Waals surface area contributed by atoms with Crippen molar-refractivity contribution in [1.82, 2.24) is 5.32 Å². The SMILES string of the molecule is CCNC(Cc1ccccc1C)C(C)(CC)OCC. The second-order valence-electron chi connectivity index (χ2n) is 5.34. The molecule has 0 aliphatic rings. The smallest absolute Gasteiger partial charge is 0.0807 e. The molecular formula is C17H29NO. The summed E-state index contributed by atoms with van der Waals surface area (Å²) in [6.07, 6.45) is 2.04. The van der Waals surface area contributed by atoms with Crippen LogP contribution in [0.5, 0.6) is 0 Å². The highest BCUT2D eigenvalue weighted by Crippen LogP contribution is 2.24. The van der Waals surface area contributed by atoms with E-state index in [1.54, 1.807) is 0 Å². The van der Waals surface area contributed by atoms with Crippen molar-refractivity contribution in [2.24, 2.45) is 0 Å². The first-order chi connectivity index (χ1) is 9.07. The predicted octanol–water partition coefficient (Wildman–Crippen LogP) is 3.72. The lowest BCUT2D eigenvalue weighted by atomic mass is 9.87. The van der Waals surface area contributed by atoms with Crippen molar-refractivity contribution in [3.63, 3.8) is 0 Å². The molecule has 0 aromatic heterocycles. The minimum atomic E-state index is -0.104. The van der Waals surface area contributed by atoms with Gasteiger partial charge in [-0.2, -0.15) is 0 Å². The van der Waals surface area contributed by atoms with Gasteiger partial charge in [0.25, 0.3) is 0 Å². The lowest BCUT2D eigenvalue weighted by Gasteiger charge is -2.37. The molecule has 0 aliphatic carbocycles. The number of hydrogen-bond donors (Lipinski definition) is 1. The number of ether oxygens (including phenoxy) is 1. The zero-order chi connectivity index (χ0) is 14.3. The first-order valence-corrected chi connectivity index (χ1v) is 7.49. The summed E-state index contributed by atoms with van der Waals surface area (Å²) in [4.78, 5) is 0. The van der Waals surface area contributed by atoms with E-state index in [4.69, 9.17) is 4.74 Å². The van der Waals surface area contributed by atoms with E-state index in [-0.39, 0.29) is 5.60 Å². The zero-order valence-corrected chi connectivity index (χ0v) is 13.1. The third-order valence-electron chi connectivity index (χ3n) is 4.05. The Bertz CT molecular complexity index is 377. The Morgan fingerprint density at radius 2 is 1.89 bits per heavy atom. The molecule has 2 unspecified atom stereocenters. The van der Waals surface area contributed by atoms with Crippen molar-refractivity contribution >= 4 is 0 Å². The summed E-state index contributed by atoms with van der Waals surface area (Å²) in [5, 5.41) is 3.61. The van der Waals surface area contributed by atoms with E-state index in [2.05, 4.69) is 64.2 Å². The van der Waals surface area contributed by atoms with Crippen LogP contribution in [0.15, 0.2) is 24.3 Å². The molecule has 0 aliphatic heterocycles. The van der Waals surface area contributed by atoms with E-state index < -0.39 is 0 Å². The average molecular weight is 263 g/mol. The molecule has 108 valence electrons. The number of nitrogens with one attached hydrogen (secondary N) is 1. The molecule has 1 aromatic rings. The second-order valence-corrected chi connectivity index (χ2v) is 5.34. The molecule has 2 atom stereocenters. The maximum atomic E-state index is 6.04. The van der Waals surface area contributed by atoms with E-state index >= 15 is 0 Å². The largest absolute Gasteiger partial charge is 0.374 e. The maximum Gasteiger partial charge on any atom is 0.0807 e. The highest BCUT2D eigenvalue weighted by Gasteiger charge is 2.32. The standard InChI is InChI=1S/C17H29NO/c1-6-17(5,19-8-3)16(18-7-2)13-15-12-10-9-11-14(15)4/h9-12,16,18H,6-8,13H2,1-5H3. The molecule has 0 fully saturated rings. The van der Waals surface area contributed by atoms with Gasteiger partial charge in [-0.3, -0.25) is 0 Å². The number of rotatable bonds is 8. The van der Waals surface area contributed by atoms with Crippen LogP contribution in [0.1, 0.15) is 45.2 Å². The van der Waals surface area contributed by atoms with Gasteiger partial charge in [0.1, 0.15) is 0 Å². The fourth-order valence-electron chi connectivity index (χ4n) is 2.59. The summed E-state index contributed by atoms with van der Waals surface area (Å²) in [6, 6.07) is 8.98. The molecule has 0 amide bonds. The fraction of sp³-hybridized carbons (Fsp3) is 0.647. The molecule has 2 heteroatoms. The summed E-state index contributed by atoms with van der Waals surface area (Å²) >= 11 is 0. The fourth-order valence-corrected chi connectivity index (χ4v) is 2.59. The molecule has 19 heavy (non-hydrogen) atoms. The molecule has 1 aromatic carbocycles. The summed E-state index contributed by atoms with van der Waals surface area (Å²) in [5.41, 5.74) is 2.67. The summed E-state index contributed by atoms with van der Waals surface area (Å²) in [7, 11) is 0. The van der Waals surface area contributed by atoms with Gasteiger partial charge < -0.3 is 10.1 Å². The van der Waals surface area contributed by atoms with Gasteiger partial charge in [-0.15, -0.1) is 0 Å². The van der Waals surface area contributed by atoms with E-state index in [1.165, 1.54) is 11.1 Å². The maximum absolute atomic E-state index is 6.04. The minimum absolute atomic E-state index is 0.104. The van der Waals surface area contributed by atoms with Crippen LogP contribution in [0.25, 0.3) is 0 Å². The van der Waals surface area contributed by atoms with Gasteiger partial charge in [0.05, 0.1) is 5.60 Å². The van der Waals surface area contributed by atoms with Crippen LogP contribution in [-0.2, 0) is 11.2 Å². The molecule has 1 rings (SSSR count). The van der Waals surface area contributed by atoms with Crippen molar-refractivity contribution < 1.29 is 4.74 Å². The molecule has 0 heterocycles. The quantitative estimate of drug-likeness (QED) is 0.772. The van der Waals surface area contributed by atoms with Crippen molar-refractivity contribution in [2.75, 3.05) is 13.2 Å². The molecule has 2 nitrogen and oxygen atoms in total. The van der Waals surface area contributed by atoms with E-state index in [1.807, 2.05) is 0 Å². The summed E-state index contributed by atoms with van der Waals surface area (Å²) in [6.45, 7) is 12.6. The number of hydrogen-bond acceptors (Lipinski definition) is 2. The zero-order valence-electron chi connectivity index (χ0n) is 13.1. The normalized spacial score (nSPS) is 16.1. The lowest BCUT2D eigenvalue weighted by molar-refractivity contribution is -0.0547.